The van der Waals surface area contributed by atoms with Crippen LogP contribution in [0, 0.1) is 0 Å². The van der Waals surface area contributed by atoms with Crippen LogP contribution in [0.15, 0.2) is 83.8 Å². The second kappa shape index (κ2) is 9.32. The van der Waals surface area contributed by atoms with Gasteiger partial charge in [0.25, 0.3) is 5.91 Å². The van der Waals surface area contributed by atoms with E-state index in [1.165, 1.54) is 16.0 Å². The first-order valence-electron chi connectivity index (χ1n) is 10.0. The molecule has 0 heterocycles. The summed E-state index contributed by atoms with van der Waals surface area (Å²) in [6, 6.07) is 26.7. The number of thioether (sulfide) groups is 1. The average Bonchev–Trinajstić information content (AvgIpc) is 2.73. The molecule has 2 nitrogen and oxygen atoms in total. The maximum Gasteiger partial charge on any atom is 0.251 e. The van der Waals surface area contributed by atoms with E-state index in [4.69, 9.17) is 0 Å². The van der Waals surface area contributed by atoms with Crippen molar-refractivity contribution in [1.29, 1.82) is 0 Å². The Morgan fingerprint density at radius 2 is 1.52 bits per heavy atom. The van der Waals surface area contributed by atoms with Crippen LogP contribution >= 0.6 is 11.8 Å². The Balaban J connectivity index is 1.57. The van der Waals surface area contributed by atoms with Gasteiger partial charge in [0.05, 0.1) is 6.04 Å². The van der Waals surface area contributed by atoms with E-state index in [0.717, 1.165) is 11.3 Å². The Bertz CT molecular complexity index is 925. The number of nitrogens with one attached hydrogen (secondary N) is 1. The smallest absolute Gasteiger partial charge is 0.251 e. The molecular weight excluding hydrogens is 374 g/mol. The van der Waals surface area contributed by atoms with Crippen LogP contribution in [0.4, 0.5) is 0 Å². The molecule has 0 bridgehead atoms. The molecule has 3 aromatic rings. The number of hydrogen-bond acceptors (Lipinski definition) is 2. The molecule has 0 fully saturated rings. The van der Waals surface area contributed by atoms with Gasteiger partial charge in [0.15, 0.2) is 0 Å². The van der Waals surface area contributed by atoms with Crippen LogP contribution in [0.2, 0.25) is 0 Å². The minimum Gasteiger partial charge on any atom is -0.346 e. The lowest BCUT2D eigenvalue weighted by Gasteiger charge is -2.20. The quantitative estimate of drug-likeness (QED) is 0.460. The van der Waals surface area contributed by atoms with Crippen molar-refractivity contribution in [3.63, 3.8) is 0 Å². The van der Waals surface area contributed by atoms with Gasteiger partial charge < -0.3 is 5.32 Å². The summed E-state index contributed by atoms with van der Waals surface area (Å²) >= 11 is 1.80. The highest BCUT2D eigenvalue weighted by Gasteiger charge is 2.15. The van der Waals surface area contributed by atoms with Crippen LogP contribution < -0.4 is 5.32 Å². The Kier molecular flexibility index (Phi) is 6.81. The van der Waals surface area contributed by atoms with Gasteiger partial charge in [-0.1, -0.05) is 75.4 Å². The summed E-state index contributed by atoms with van der Waals surface area (Å²) in [5, 5.41) is 3.10. The fraction of sp³-hybridized carbons (Fsp3) is 0.269. The highest BCUT2D eigenvalue weighted by atomic mass is 32.2. The second-order valence-corrected chi connectivity index (χ2v) is 9.41. The topological polar surface area (TPSA) is 29.1 Å². The first-order chi connectivity index (χ1) is 13.8. The number of carbonyl (C=O) groups is 1. The molecule has 3 heteroatoms. The summed E-state index contributed by atoms with van der Waals surface area (Å²) in [6.45, 7) is 8.63. The van der Waals surface area contributed by atoms with Crippen LogP contribution in [-0.2, 0) is 11.2 Å². The lowest BCUT2D eigenvalue weighted by atomic mass is 9.86. The molecule has 0 aliphatic heterocycles. The molecule has 0 aromatic heterocycles. The maximum atomic E-state index is 12.6. The highest BCUT2D eigenvalue weighted by Crippen LogP contribution is 2.25. The van der Waals surface area contributed by atoms with Crippen LogP contribution in [0.5, 0.6) is 0 Å². The number of benzene rings is 3. The predicted molar refractivity (Wildman–Crippen MR) is 123 cm³/mol. The Hall–Kier alpha value is -2.52. The monoisotopic (exact) mass is 403 g/mol. The summed E-state index contributed by atoms with van der Waals surface area (Å²) in [5.41, 5.74) is 4.44. The van der Waals surface area contributed by atoms with Crippen molar-refractivity contribution < 1.29 is 4.79 Å². The Labute approximate surface area is 178 Å². The number of carbonyl (C=O) groups excluding carboxylic acids is 1. The first-order valence-corrected chi connectivity index (χ1v) is 11.0. The molecular formula is C26H29NOS. The van der Waals surface area contributed by atoms with Crippen molar-refractivity contribution >= 4 is 17.7 Å². The molecule has 1 unspecified atom stereocenters. The molecule has 0 aliphatic rings. The molecule has 0 spiro atoms. The molecule has 0 aliphatic carbocycles. The van der Waals surface area contributed by atoms with E-state index in [2.05, 4.69) is 62.5 Å². The van der Waals surface area contributed by atoms with Crippen molar-refractivity contribution in [3.05, 3.63) is 101 Å². The van der Waals surface area contributed by atoms with E-state index in [0.29, 0.717) is 5.56 Å². The van der Waals surface area contributed by atoms with Gasteiger partial charge in [0, 0.05) is 16.2 Å². The second-order valence-electron chi connectivity index (χ2n) is 8.37. The molecule has 1 N–H and O–H groups in total. The minimum atomic E-state index is -0.0420. The van der Waals surface area contributed by atoms with Gasteiger partial charge in [0.1, 0.15) is 0 Å². The third kappa shape index (κ3) is 5.98. The Morgan fingerprint density at radius 3 is 2.10 bits per heavy atom. The number of hydrogen-bond donors (Lipinski definition) is 1. The summed E-state index contributed by atoms with van der Waals surface area (Å²) < 4.78 is 0. The molecule has 3 rings (SSSR count). The summed E-state index contributed by atoms with van der Waals surface area (Å²) in [5.74, 6) is 0.849. The molecule has 0 radical (unpaired) electrons. The minimum absolute atomic E-state index is 0.0372. The molecule has 0 saturated heterocycles. The van der Waals surface area contributed by atoms with Crippen LogP contribution in [0.3, 0.4) is 0 Å². The van der Waals surface area contributed by atoms with Gasteiger partial charge in [-0.15, -0.1) is 11.8 Å². The zero-order valence-electron chi connectivity index (χ0n) is 17.6. The number of amides is 1. The van der Waals surface area contributed by atoms with E-state index in [9.17, 15) is 4.79 Å². The zero-order valence-corrected chi connectivity index (χ0v) is 18.4. The fourth-order valence-corrected chi connectivity index (χ4v) is 3.95. The molecule has 29 heavy (non-hydrogen) atoms. The van der Waals surface area contributed by atoms with Crippen LogP contribution in [0.1, 0.15) is 60.8 Å². The average molecular weight is 404 g/mol. The lowest BCUT2D eigenvalue weighted by molar-refractivity contribution is 0.0940. The van der Waals surface area contributed by atoms with Gasteiger partial charge in [-0.05, 0) is 53.3 Å². The van der Waals surface area contributed by atoms with Crippen molar-refractivity contribution in [2.45, 2.75) is 49.8 Å². The van der Waals surface area contributed by atoms with Crippen molar-refractivity contribution in [3.8, 4) is 0 Å². The number of rotatable bonds is 6. The molecule has 3 aromatic carbocycles. The van der Waals surface area contributed by atoms with Gasteiger partial charge in [-0.3, -0.25) is 4.79 Å². The zero-order chi connectivity index (χ0) is 20.9. The first kappa shape index (κ1) is 21.2. The normalized spacial score (nSPS) is 12.4. The van der Waals surface area contributed by atoms with Gasteiger partial charge >= 0.3 is 0 Å². The predicted octanol–water partition coefficient (Wildman–Crippen LogP) is 6.77. The van der Waals surface area contributed by atoms with E-state index in [-0.39, 0.29) is 17.4 Å². The van der Waals surface area contributed by atoms with Gasteiger partial charge in [0.2, 0.25) is 0 Å². The van der Waals surface area contributed by atoms with E-state index in [1.54, 1.807) is 11.8 Å². The van der Waals surface area contributed by atoms with E-state index >= 15 is 0 Å². The molecule has 1 atom stereocenters. The standard InChI is InChI=1S/C26H29NOS/c1-19(21-14-16-23(17-15-21)26(2,3)4)27-25(28)22-12-10-20(11-13-22)18-29-24-8-6-5-7-9-24/h5-17,19H,18H2,1-4H3,(H,27,28). The summed E-state index contributed by atoms with van der Waals surface area (Å²) in [6.07, 6.45) is 0. The van der Waals surface area contributed by atoms with Crippen LogP contribution in [0.25, 0.3) is 0 Å². The largest absolute Gasteiger partial charge is 0.346 e. The highest BCUT2D eigenvalue weighted by molar-refractivity contribution is 7.98. The maximum absolute atomic E-state index is 12.6. The third-order valence-electron chi connectivity index (χ3n) is 4.99. The SMILES string of the molecule is CC(NC(=O)c1ccc(CSc2ccccc2)cc1)c1ccc(C(C)(C)C)cc1. The van der Waals surface area contributed by atoms with E-state index in [1.807, 2.05) is 49.4 Å². The van der Waals surface area contributed by atoms with Crippen molar-refractivity contribution in [2.75, 3.05) is 0 Å². The fourth-order valence-electron chi connectivity index (χ4n) is 3.07. The van der Waals surface area contributed by atoms with Gasteiger partial charge in [-0.25, -0.2) is 0 Å². The molecule has 150 valence electrons. The molecule has 0 saturated carbocycles. The third-order valence-corrected chi connectivity index (χ3v) is 6.07. The van der Waals surface area contributed by atoms with Crippen molar-refractivity contribution in [2.24, 2.45) is 0 Å². The lowest BCUT2D eigenvalue weighted by Crippen LogP contribution is -2.26. The van der Waals surface area contributed by atoms with Crippen LogP contribution in [-0.4, -0.2) is 5.91 Å². The summed E-state index contributed by atoms with van der Waals surface area (Å²) in [4.78, 5) is 13.9. The summed E-state index contributed by atoms with van der Waals surface area (Å²) in [7, 11) is 0. The Morgan fingerprint density at radius 1 is 0.897 bits per heavy atom. The van der Waals surface area contributed by atoms with Crippen molar-refractivity contribution in [1.82, 2.24) is 5.32 Å². The van der Waals surface area contributed by atoms with E-state index < -0.39 is 0 Å². The molecule has 1 amide bonds. The van der Waals surface area contributed by atoms with Gasteiger partial charge in [-0.2, -0.15) is 0 Å².